The molecule has 1 N–H and O–H groups in total. The molecule has 116 valence electrons. The van der Waals surface area contributed by atoms with Crippen LogP contribution in [0.2, 0.25) is 0 Å². The molecule has 0 aliphatic carbocycles. The maximum atomic E-state index is 11.3. The van der Waals surface area contributed by atoms with E-state index in [0.29, 0.717) is 5.69 Å². The summed E-state index contributed by atoms with van der Waals surface area (Å²) in [6.07, 6.45) is 5.17. The molecule has 0 saturated carbocycles. The maximum Gasteiger partial charge on any atom is 0.263 e. The van der Waals surface area contributed by atoms with Crippen LogP contribution in [0.5, 0.6) is 0 Å². The average Bonchev–Trinajstić information content (AvgIpc) is 2.61. The number of nitrogens with one attached hydrogen (secondary N) is 1. The highest BCUT2D eigenvalue weighted by Crippen LogP contribution is 2.24. The number of hydrogen-bond donors (Lipinski definition) is 1. The van der Waals surface area contributed by atoms with Crippen molar-refractivity contribution in [1.29, 1.82) is 0 Å². The number of anilines is 1. The first kappa shape index (κ1) is 17.7. The first-order valence-corrected chi connectivity index (χ1v) is 8.72. The predicted molar refractivity (Wildman–Crippen MR) is 84.2 cm³/mol. The van der Waals surface area contributed by atoms with E-state index in [2.05, 4.69) is 9.29 Å². The Hall–Kier alpha value is -1.31. The van der Waals surface area contributed by atoms with Crippen molar-refractivity contribution >= 4 is 43.3 Å². The highest BCUT2D eigenvalue weighted by atomic mass is 35.5. The molecule has 0 fully saturated rings. The molecule has 0 unspecified atom stereocenters. The van der Waals surface area contributed by atoms with Crippen LogP contribution in [-0.2, 0) is 17.1 Å². The molecular weight excluding hydrogens is 330 g/mol. The van der Waals surface area contributed by atoms with Gasteiger partial charge in [-0.25, -0.2) is 8.42 Å². The van der Waals surface area contributed by atoms with E-state index in [-0.39, 0.29) is 12.4 Å². The Bertz CT molecular complexity index is 767. The molecule has 21 heavy (non-hydrogen) atoms. The Morgan fingerprint density at radius 1 is 1.33 bits per heavy atom. The van der Waals surface area contributed by atoms with Gasteiger partial charge in [-0.2, -0.15) is 4.57 Å². The largest absolute Gasteiger partial charge is 1.00 e. The van der Waals surface area contributed by atoms with E-state index in [4.69, 9.17) is 0 Å². The molecule has 0 aliphatic heterocycles. The lowest BCUT2D eigenvalue weighted by Crippen LogP contribution is -3.00. The Morgan fingerprint density at radius 2 is 2.00 bits per heavy atom. The van der Waals surface area contributed by atoms with Gasteiger partial charge in [0.05, 0.1) is 11.9 Å². The second-order valence-corrected chi connectivity index (χ2v) is 7.65. The van der Waals surface area contributed by atoms with Gasteiger partial charge in [0.25, 0.3) is 5.01 Å². The van der Waals surface area contributed by atoms with E-state index >= 15 is 0 Å². The van der Waals surface area contributed by atoms with Crippen LogP contribution in [0.15, 0.2) is 24.4 Å². The monoisotopic (exact) mass is 347 g/mol. The molecule has 0 amide bonds. The number of sulfonamides is 1. The average molecular weight is 348 g/mol. The van der Waals surface area contributed by atoms with Crippen LogP contribution in [0.1, 0.15) is 5.01 Å². The minimum Gasteiger partial charge on any atom is -1.00 e. The van der Waals surface area contributed by atoms with Crippen LogP contribution in [0, 0.1) is 0 Å². The fourth-order valence-electron chi connectivity index (χ4n) is 1.81. The number of rotatable bonds is 4. The number of thiazole rings is 1. The fraction of sp³-hybridized carbons (Fsp3) is 0.308. The van der Waals surface area contributed by atoms with E-state index < -0.39 is 10.0 Å². The molecule has 8 heteroatoms. The quantitative estimate of drug-likeness (QED) is 0.695. The molecule has 0 spiro atoms. The molecule has 0 saturated heterocycles. The van der Waals surface area contributed by atoms with E-state index in [1.165, 1.54) is 0 Å². The van der Waals surface area contributed by atoms with Crippen LogP contribution >= 0.6 is 11.3 Å². The molecule has 1 heterocycles. The first-order valence-electron chi connectivity index (χ1n) is 6.01. The van der Waals surface area contributed by atoms with Gasteiger partial charge in [0.15, 0.2) is 0 Å². The lowest BCUT2D eigenvalue weighted by molar-refractivity contribution is -0.642. The number of nitrogens with zero attached hydrogens (tertiary/aromatic N) is 2. The number of hydrogen-bond acceptors (Lipinski definition) is 4. The van der Waals surface area contributed by atoms with Gasteiger partial charge in [0, 0.05) is 32.4 Å². The van der Waals surface area contributed by atoms with Gasteiger partial charge in [-0.15, -0.1) is 0 Å². The molecular formula is C13H18ClN3O2S2. The molecule has 0 bridgehead atoms. The summed E-state index contributed by atoms with van der Waals surface area (Å²) in [5.74, 6) is 0. The van der Waals surface area contributed by atoms with Crippen LogP contribution in [0.25, 0.3) is 16.3 Å². The van der Waals surface area contributed by atoms with Gasteiger partial charge in [0.1, 0.15) is 11.7 Å². The summed E-state index contributed by atoms with van der Waals surface area (Å²) in [7, 11) is 2.69. The third kappa shape index (κ3) is 4.59. The van der Waals surface area contributed by atoms with Crippen LogP contribution in [0.3, 0.4) is 0 Å². The normalized spacial score (nSPS) is 11.6. The van der Waals surface area contributed by atoms with E-state index in [1.807, 2.05) is 50.5 Å². The number of aryl methyl sites for hydroxylation is 1. The van der Waals surface area contributed by atoms with Crippen molar-refractivity contribution in [1.82, 2.24) is 4.90 Å². The second-order valence-electron chi connectivity index (χ2n) is 4.84. The van der Waals surface area contributed by atoms with Crippen LogP contribution in [-0.4, -0.2) is 33.7 Å². The highest BCUT2D eigenvalue weighted by molar-refractivity contribution is 7.92. The Labute approximate surface area is 135 Å². The molecule has 0 atom stereocenters. The zero-order valence-electron chi connectivity index (χ0n) is 12.3. The third-order valence-electron chi connectivity index (χ3n) is 2.68. The van der Waals surface area contributed by atoms with Crippen LogP contribution < -0.4 is 21.7 Å². The zero-order chi connectivity index (χ0) is 14.9. The van der Waals surface area contributed by atoms with Crippen molar-refractivity contribution in [3.63, 3.8) is 0 Å². The van der Waals surface area contributed by atoms with Gasteiger partial charge in [0.2, 0.25) is 15.5 Å². The van der Waals surface area contributed by atoms with Gasteiger partial charge in [-0.1, -0.05) is 11.3 Å². The van der Waals surface area contributed by atoms with Gasteiger partial charge in [-0.3, -0.25) is 4.72 Å². The van der Waals surface area contributed by atoms with Crippen molar-refractivity contribution < 1.29 is 25.4 Å². The summed E-state index contributed by atoms with van der Waals surface area (Å²) >= 11 is 1.62. The van der Waals surface area contributed by atoms with E-state index in [9.17, 15) is 8.42 Å². The molecule has 0 aliphatic rings. The third-order valence-corrected chi connectivity index (χ3v) is 4.46. The summed E-state index contributed by atoms with van der Waals surface area (Å²) in [6.45, 7) is 0. The predicted octanol–water partition coefficient (Wildman–Crippen LogP) is -1.37. The summed E-state index contributed by atoms with van der Waals surface area (Å²) in [5.41, 5.74) is 1.66. The Balaban J connectivity index is 0.00000220. The van der Waals surface area contributed by atoms with Crippen molar-refractivity contribution in [2.24, 2.45) is 7.05 Å². The lowest BCUT2D eigenvalue weighted by atomic mass is 10.3. The number of halogens is 1. The topological polar surface area (TPSA) is 53.3 Å². The summed E-state index contributed by atoms with van der Waals surface area (Å²) in [6, 6.07) is 5.55. The van der Waals surface area contributed by atoms with Gasteiger partial charge < -0.3 is 17.3 Å². The van der Waals surface area contributed by atoms with Crippen LogP contribution in [0.4, 0.5) is 5.69 Å². The Morgan fingerprint density at radius 3 is 2.57 bits per heavy atom. The van der Waals surface area contributed by atoms with E-state index in [1.54, 1.807) is 17.4 Å². The van der Waals surface area contributed by atoms with Crippen molar-refractivity contribution in [3.05, 3.63) is 29.4 Å². The molecule has 0 radical (unpaired) electrons. The number of fused-ring (bicyclic) bond motifs is 1. The number of benzene rings is 1. The van der Waals surface area contributed by atoms with Crippen molar-refractivity contribution in [2.45, 2.75) is 0 Å². The Kier molecular flexibility index (Phi) is 5.61. The second kappa shape index (κ2) is 6.64. The van der Waals surface area contributed by atoms with Crippen molar-refractivity contribution in [2.75, 3.05) is 25.1 Å². The minimum absolute atomic E-state index is 0. The molecule has 1 aromatic carbocycles. The highest BCUT2D eigenvalue weighted by Gasteiger charge is 2.15. The molecule has 5 nitrogen and oxygen atoms in total. The van der Waals surface area contributed by atoms with E-state index in [0.717, 1.165) is 21.5 Å². The summed E-state index contributed by atoms with van der Waals surface area (Å²) in [4.78, 5) is 1.97. The summed E-state index contributed by atoms with van der Waals surface area (Å²) in [5, 5.41) is 1.10. The first-order chi connectivity index (χ1) is 9.26. The fourth-order valence-corrected chi connectivity index (χ4v) is 3.45. The van der Waals surface area contributed by atoms with Gasteiger partial charge in [-0.05, 0) is 12.1 Å². The smallest absolute Gasteiger partial charge is 0.263 e. The standard InChI is InChI=1S/C13H18N3O2S2.ClH/c1-15(2)8-7-13-16(3)11-6-5-10(9-12(11)19-13)14-20(4,17)18;/h5-9,14H,1-4H3;1H/q+1;/p-1. The van der Waals surface area contributed by atoms with Gasteiger partial charge >= 0.3 is 0 Å². The molecule has 2 rings (SSSR count). The maximum absolute atomic E-state index is 11.3. The minimum atomic E-state index is -3.24. The molecule has 1 aromatic heterocycles. The lowest BCUT2D eigenvalue weighted by Gasteiger charge is -2.01. The number of aromatic nitrogens is 1. The molecule has 2 aromatic rings. The van der Waals surface area contributed by atoms with Crippen molar-refractivity contribution in [3.8, 4) is 0 Å². The zero-order valence-corrected chi connectivity index (χ0v) is 14.7. The SMILES string of the molecule is CN(C)C=Cc1sc2cc(NS(C)(=O)=O)ccc2[n+]1C.[Cl-]. The summed E-state index contributed by atoms with van der Waals surface area (Å²) < 4.78 is 28.1.